The maximum Gasteiger partial charge on any atom is 0.257 e. The molecule has 4 heteroatoms. The maximum atomic E-state index is 12.7. The van der Waals surface area contributed by atoms with Gasteiger partial charge in [0.1, 0.15) is 0 Å². The van der Waals surface area contributed by atoms with E-state index in [1.54, 1.807) is 12.4 Å². The van der Waals surface area contributed by atoms with Gasteiger partial charge in [0.05, 0.1) is 11.3 Å². The lowest BCUT2D eigenvalue weighted by molar-refractivity contribution is 0.0609. The molecule has 0 bridgehead atoms. The number of likely N-dealkylation sites (tertiary alicyclic amines) is 1. The number of pyridine rings is 1. The fourth-order valence-corrected chi connectivity index (χ4v) is 3.03. The highest BCUT2D eigenvalue weighted by molar-refractivity contribution is 5.99. The van der Waals surface area contributed by atoms with Gasteiger partial charge in [-0.25, -0.2) is 0 Å². The summed E-state index contributed by atoms with van der Waals surface area (Å²) in [7, 11) is 0. The van der Waals surface area contributed by atoms with Gasteiger partial charge in [-0.15, -0.1) is 0 Å². The Labute approximate surface area is 127 Å². The van der Waals surface area contributed by atoms with Gasteiger partial charge in [0.25, 0.3) is 5.91 Å². The Morgan fingerprint density at radius 1 is 1.38 bits per heavy atom. The molecule has 1 amide bonds. The molecule has 1 fully saturated rings. The SMILES string of the molecule is CCNc1ccncc1C(=O)N1CCC(C(C)(C)C)CC1. The maximum absolute atomic E-state index is 12.7. The number of hydrogen-bond acceptors (Lipinski definition) is 3. The molecule has 116 valence electrons. The van der Waals surface area contributed by atoms with Gasteiger partial charge >= 0.3 is 0 Å². The van der Waals surface area contributed by atoms with Crippen molar-refractivity contribution in [1.82, 2.24) is 9.88 Å². The molecule has 1 N–H and O–H groups in total. The summed E-state index contributed by atoms with van der Waals surface area (Å²) >= 11 is 0. The minimum Gasteiger partial charge on any atom is -0.385 e. The average Bonchev–Trinajstić information content (AvgIpc) is 2.47. The average molecular weight is 289 g/mol. The first-order valence-electron chi connectivity index (χ1n) is 7.90. The zero-order chi connectivity index (χ0) is 15.5. The molecular formula is C17H27N3O. The number of carbonyl (C=O) groups excluding carboxylic acids is 1. The van der Waals surface area contributed by atoms with Gasteiger partial charge in [0.15, 0.2) is 0 Å². The monoisotopic (exact) mass is 289 g/mol. The van der Waals surface area contributed by atoms with Gasteiger partial charge in [-0.05, 0) is 37.2 Å². The van der Waals surface area contributed by atoms with Gasteiger partial charge in [0, 0.05) is 32.0 Å². The molecule has 1 saturated heterocycles. The van der Waals surface area contributed by atoms with E-state index in [4.69, 9.17) is 0 Å². The topological polar surface area (TPSA) is 45.2 Å². The summed E-state index contributed by atoms with van der Waals surface area (Å²) < 4.78 is 0. The lowest BCUT2D eigenvalue weighted by atomic mass is 9.75. The molecule has 0 unspecified atom stereocenters. The van der Waals surface area contributed by atoms with E-state index in [-0.39, 0.29) is 5.91 Å². The number of amides is 1. The van der Waals surface area contributed by atoms with Crippen LogP contribution in [0.2, 0.25) is 0 Å². The number of rotatable bonds is 3. The van der Waals surface area contributed by atoms with E-state index in [9.17, 15) is 4.79 Å². The molecule has 0 saturated carbocycles. The highest BCUT2D eigenvalue weighted by Crippen LogP contribution is 2.34. The van der Waals surface area contributed by atoms with E-state index in [1.165, 1.54) is 0 Å². The summed E-state index contributed by atoms with van der Waals surface area (Å²) in [6.07, 6.45) is 5.58. The molecule has 1 aromatic rings. The van der Waals surface area contributed by atoms with Crippen LogP contribution in [-0.2, 0) is 0 Å². The van der Waals surface area contributed by atoms with Crippen molar-refractivity contribution in [3.63, 3.8) is 0 Å². The Kier molecular flexibility index (Phi) is 4.86. The fraction of sp³-hybridized carbons (Fsp3) is 0.647. The van der Waals surface area contributed by atoms with Crippen LogP contribution in [-0.4, -0.2) is 35.4 Å². The van der Waals surface area contributed by atoms with Crippen LogP contribution < -0.4 is 5.32 Å². The van der Waals surface area contributed by atoms with E-state index < -0.39 is 0 Å². The molecule has 0 spiro atoms. The van der Waals surface area contributed by atoms with Crippen molar-refractivity contribution in [2.75, 3.05) is 25.0 Å². The van der Waals surface area contributed by atoms with Gasteiger partial charge < -0.3 is 10.2 Å². The highest BCUT2D eigenvalue weighted by Gasteiger charge is 2.31. The second kappa shape index (κ2) is 6.46. The zero-order valence-electron chi connectivity index (χ0n) is 13.6. The van der Waals surface area contributed by atoms with Crippen LogP contribution in [0.5, 0.6) is 0 Å². The molecular weight excluding hydrogens is 262 g/mol. The molecule has 0 aromatic carbocycles. The Morgan fingerprint density at radius 3 is 2.62 bits per heavy atom. The Morgan fingerprint density at radius 2 is 2.05 bits per heavy atom. The minimum atomic E-state index is 0.103. The lowest BCUT2D eigenvalue weighted by Crippen LogP contribution is -2.41. The number of hydrogen-bond donors (Lipinski definition) is 1. The van der Waals surface area contributed by atoms with Crippen molar-refractivity contribution in [1.29, 1.82) is 0 Å². The molecule has 0 aliphatic carbocycles. The minimum absolute atomic E-state index is 0.103. The van der Waals surface area contributed by atoms with Crippen LogP contribution in [0.25, 0.3) is 0 Å². The Bertz CT molecular complexity index is 485. The molecule has 4 nitrogen and oxygen atoms in total. The van der Waals surface area contributed by atoms with Gasteiger partial charge in [-0.2, -0.15) is 0 Å². The molecule has 2 rings (SSSR count). The summed E-state index contributed by atoms with van der Waals surface area (Å²) in [5.74, 6) is 0.801. The predicted octanol–water partition coefficient (Wildman–Crippen LogP) is 3.41. The van der Waals surface area contributed by atoms with Crippen molar-refractivity contribution in [2.45, 2.75) is 40.5 Å². The summed E-state index contributed by atoms with van der Waals surface area (Å²) in [5.41, 5.74) is 1.90. The molecule has 1 aromatic heterocycles. The first-order valence-corrected chi connectivity index (χ1v) is 7.90. The van der Waals surface area contributed by atoms with Gasteiger partial charge in [-0.3, -0.25) is 9.78 Å². The van der Waals surface area contributed by atoms with E-state index >= 15 is 0 Å². The smallest absolute Gasteiger partial charge is 0.257 e. The van der Waals surface area contributed by atoms with E-state index in [0.717, 1.165) is 38.2 Å². The second-order valence-corrected chi connectivity index (χ2v) is 6.88. The summed E-state index contributed by atoms with van der Waals surface area (Å²) in [4.78, 5) is 18.8. The molecule has 0 atom stereocenters. The number of nitrogens with one attached hydrogen (secondary N) is 1. The predicted molar refractivity (Wildman–Crippen MR) is 86.5 cm³/mol. The number of anilines is 1. The van der Waals surface area contributed by atoms with E-state index in [1.807, 2.05) is 17.9 Å². The third kappa shape index (κ3) is 3.74. The van der Waals surface area contributed by atoms with Crippen molar-refractivity contribution < 1.29 is 4.79 Å². The van der Waals surface area contributed by atoms with Crippen molar-refractivity contribution in [3.05, 3.63) is 24.0 Å². The second-order valence-electron chi connectivity index (χ2n) is 6.88. The van der Waals surface area contributed by atoms with Gasteiger partial charge in [-0.1, -0.05) is 20.8 Å². The normalized spacial score (nSPS) is 16.9. The number of piperidine rings is 1. The number of nitrogens with zero attached hydrogens (tertiary/aromatic N) is 2. The van der Waals surface area contributed by atoms with Crippen LogP contribution in [0.1, 0.15) is 50.9 Å². The Balaban J connectivity index is 2.06. The summed E-state index contributed by atoms with van der Waals surface area (Å²) in [6.45, 7) is 11.4. The van der Waals surface area contributed by atoms with Crippen molar-refractivity contribution in [3.8, 4) is 0 Å². The van der Waals surface area contributed by atoms with Crippen molar-refractivity contribution in [2.24, 2.45) is 11.3 Å². The van der Waals surface area contributed by atoms with Crippen molar-refractivity contribution >= 4 is 11.6 Å². The van der Waals surface area contributed by atoms with Crippen LogP contribution in [0.15, 0.2) is 18.5 Å². The summed E-state index contributed by atoms with van der Waals surface area (Å²) in [6, 6.07) is 1.87. The third-order valence-electron chi connectivity index (χ3n) is 4.43. The van der Waals surface area contributed by atoms with Crippen LogP contribution in [0.4, 0.5) is 5.69 Å². The van der Waals surface area contributed by atoms with Gasteiger partial charge in [0.2, 0.25) is 0 Å². The Hall–Kier alpha value is -1.58. The van der Waals surface area contributed by atoms with Crippen LogP contribution in [0, 0.1) is 11.3 Å². The standard InChI is InChI=1S/C17H27N3O/c1-5-19-15-6-9-18-12-14(15)16(21)20-10-7-13(8-11-20)17(2,3)4/h6,9,12-13H,5,7-8,10-11H2,1-4H3,(H,18,19). The quantitative estimate of drug-likeness (QED) is 0.927. The number of carbonyl (C=O) groups is 1. The first kappa shape index (κ1) is 15.8. The molecule has 1 aliphatic heterocycles. The first-order chi connectivity index (χ1) is 9.93. The molecule has 1 aliphatic rings. The molecule has 21 heavy (non-hydrogen) atoms. The van der Waals surface area contributed by atoms with Crippen LogP contribution >= 0.6 is 0 Å². The highest BCUT2D eigenvalue weighted by atomic mass is 16.2. The van der Waals surface area contributed by atoms with Crippen LogP contribution in [0.3, 0.4) is 0 Å². The summed E-state index contributed by atoms with van der Waals surface area (Å²) in [5, 5.41) is 3.24. The van der Waals surface area contributed by atoms with E-state index in [0.29, 0.717) is 16.9 Å². The lowest BCUT2D eigenvalue weighted by Gasteiger charge is -2.38. The largest absolute Gasteiger partial charge is 0.385 e. The molecule has 0 radical (unpaired) electrons. The third-order valence-corrected chi connectivity index (χ3v) is 4.43. The fourth-order valence-electron chi connectivity index (χ4n) is 3.03. The number of aromatic nitrogens is 1. The zero-order valence-corrected chi connectivity index (χ0v) is 13.6. The van der Waals surface area contributed by atoms with E-state index in [2.05, 4.69) is 31.1 Å². The molecule has 2 heterocycles.